The SMILES string of the molecule is CCCCCCCCCCCCCCCCCCOCC(COP(=O)(O)OC(CC)C[N+](C)(C)C)OC. The van der Waals surface area contributed by atoms with Gasteiger partial charge in [0, 0.05) is 13.7 Å². The van der Waals surface area contributed by atoms with Gasteiger partial charge < -0.3 is 18.9 Å². The first-order chi connectivity index (χ1) is 17.6. The quantitative estimate of drug-likeness (QED) is 0.0604. The molecule has 8 heteroatoms. The Labute approximate surface area is 230 Å². The van der Waals surface area contributed by atoms with Crippen LogP contribution in [-0.2, 0) is 23.1 Å². The van der Waals surface area contributed by atoms with Gasteiger partial charge in [-0.3, -0.25) is 9.05 Å². The summed E-state index contributed by atoms with van der Waals surface area (Å²) in [6.45, 7) is 5.81. The van der Waals surface area contributed by atoms with Crippen molar-refractivity contribution < 1.29 is 32.5 Å². The fourth-order valence-electron chi connectivity index (χ4n) is 4.40. The smallest absolute Gasteiger partial charge is 0.379 e. The molecule has 0 aliphatic carbocycles. The van der Waals surface area contributed by atoms with E-state index in [4.69, 9.17) is 18.5 Å². The molecule has 37 heavy (non-hydrogen) atoms. The van der Waals surface area contributed by atoms with Crippen LogP contribution >= 0.6 is 7.82 Å². The molecule has 0 radical (unpaired) electrons. The molecule has 0 rings (SSSR count). The molecule has 0 heterocycles. The van der Waals surface area contributed by atoms with E-state index in [-0.39, 0.29) is 12.7 Å². The van der Waals surface area contributed by atoms with E-state index in [1.807, 2.05) is 28.1 Å². The van der Waals surface area contributed by atoms with Gasteiger partial charge in [0.05, 0.1) is 34.4 Å². The largest absolute Gasteiger partial charge is 0.472 e. The summed E-state index contributed by atoms with van der Waals surface area (Å²) >= 11 is 0. The maximum atomic E-state index is 12.3. The number of phosphoric ester groups is 1. The van der Waals surface area contributed by atoms with Gasteiger partial charge in [-0.25, -0.2) is 4.57 Å². The number of nitrogens with zero attached hydrogens (tertiary/aromatic N) is 1. The van der Waals surface area contributed by atoms with E-state index >= 15 is 0 Å². The highest BCUT2D eigenvalue weighted by Crippen LogP contribution is 2.45. The van der Waals surface area contributed by atoms with Crippen LogP contribution in [0.25, 0.3) is 0 Å². The summed E-state index contributed by atoms with van der Waals surface area (Å²) in [7, 11) is 3.48. The molecule has 3 atom stereocenters. The molecule has 0 amide bonds. The van der Waals surface area contributed by atoms with E-state index in [9.17, 15) is 9.46 Å². The predicted octanol–water partition coefficient (Wildman–Crippen LogP) is 7.90. The Morgan fingerprint density at radius 3 is 1.57 bits per heavy atom. The van der Waals surface area contributed by atoms with Gasteiger partial charge in [0.15, 0.2) is 0 Å². The Hall–Kier alpha value is -0.0100. The van der Waals surface area contributed by atoms with Crippen LogP contribution in [0.5, 0.6) is 0 Å². The maximum absolute atomic E-state index is 12.3. The molecule has 1 N–H and O–H groups in total. The standard InChI is InChI=1S/C29H62NO6P/c1-7-9-10-11-12-13-14-15-16-17-18-19-20-21-22-23-24-34-26-29(33-6)27-35-37(31,32)36-28(8-2)25-30(3,4)5/h28-29H,7-27H2,1-6H3/p+1. The lowest BCUT2D eigenvalue weighted by atomic mass is 10.0. The van der Waals surface area contributed by atoms with Crippen molar-refractivity contribution in [3.05, 3.63) is 0 Å². The minimum atomic E-state index is -4.14. The Morgan fingerprint density at radius 1 is 0.703 bits per heavy atom. The third kappa shape index (κ3) is 26.0. The lowest BCUT2D eigenvalue weighted by Crippen LogP contribution is -2.42. The van der Waals surface area contributed by atoms with Crippen molar-refractivity contribution in [1.29, 1.82) is 0 Å². The van der Waals surface area contributed by atoms with Gasteiger partial charge in [-0.05, 0) is 12.8 Å². The summed E-state index contributed by atoms with van der Waals surface area (Å²) in [5, 5.41) is 0. The fraction of sp³-hybridized carbons (Fsp3) is 1.00. The number of likely N-dealkylation sites (N-methyl/N-ethyl adjacent to an activating group) is 1. The number of methoxy groups -OCH3 is 1. The van der Waals surface area contributed by atoms with Crippen LogP contribution < -0.4 is 0 Å². The van der Waals surface area contributed by atoms with E-state index in [2.05, 4.69) is 6.92 Å². The Kier molecular flexibility index (Phi) is 23.8. The van der Waals surface area contributed by atoms with Crippen LogP contribution in [-0.4, -0.2) is 76.2 Å². The molecule has 0 aromatic carbocycles. The van der Waals surface area contributed by atoms with E-state index in [0.717, 1.165) is 6.42 Å². The van der Waals surface area contributed by atoms with Crippen molar-refractivity contribution in [2.75, 3.05) is 54.6 Å². The van der Waals surface area contributed by atoms with Crippen LogP contribution in [0.4, 0.5) is 0 Å². The van der Waals surface area contributed by atoms with Gasteiger partial charge in [0.25, 0.3) is 0 Å². The number of ether oxygens (including phenoxy) is 2. The first-order valence-electron chi connectivity index (χ1n) is 15.2. The third-order valence-electron chi connectivity index (χ3n) is 6.69. The zero-order valence-electron chi connectivity index (χ0n) is 25.4. The van der Waals surface area contributed by atoms with Gasteiger partial charge in [-0.15, -0.1) is 0 Å². The average molecular weight is 553 g/mol. The van der Waals surface area contributed by atoms with Gasteiger partial charge in [-0.2, -0.15) is 0 Å². The molecule has 0 aromatic rings. The van der Waals surface area contributed by atoms with Crippen molar-refractivity contribution in [3.8, 4) is 0 Å². The molecule has 0 fully saturated rings. The average Bonchev–Trinajstić information content (AvgIpc) is 2.83. The maximum Gasteiger partial charge on any atom is 0.472 e. The minimum Gasteiger partial charge on any atom is -0.379 e. The van der Waals surface area contributed by atoms with Crippen molar-refractivity contribution >= 4 is 7.82 Å². The van der Waals surface area contributed by atoms with Gasteiger partial charge in [0.1, 0.15) is 18.8 Å². The summed E-state index contributed by atoms with van der Waals surface area (Å²) in [5.74, 6) is 0. The zero-order chi connectivity index (χ0) is 27.8. The normalized spacial score (nSPS) is 15.5. The topological polar surface area (TPSA) is 74.2 Å². The Balaban J connectivity index is 3.65. The highest BCUT2D eigenvalue weighted by molar-refractivity contribution is 7.47. The van der Waals surface area contributed by atoms with Crippen molar-refractivity contribution in [1.82, 2.24) is 0 Å². The molecule has 7 nitrogen and oxygen atoms in total. The monoisotopic (exact) mass is 552 g/mol. The van der Waals surface area contributed by atoms with Gasteiger partial charge >= 0.3 is 7.82 Å². The number of hydrogen-bond acceptors (Lipinski definition) is 5. The molecule has 224 valence electrons. The number of hydrogen-bond donors (Lipinski definition) is 1. The Bertz CT molecular complexity index is 543. The first kappa shape index (κ1) is 37.0. The molecular weight excluding hydrogens is 489 g/mol. The van der Waals surface area contributed by atoms with Crippen molar-refractivity contribution in [2.24, 2.45) is 0 Å². The van der Waals surface area contributed by atoms with E-state index in [0.29, 0.717) is 30.7 Å². The highest BCUT2D eigenvalue weighted by atomic mass is 31.2. The summed E-state index contributed by atoms with van der Waals surface area (Å²) in [5.41, 5.74) is 0. The Morgan fingerprint density at radius 2 is 1.16 bits per heavy atom. The summed E-state index contributed by atoms with van der Waals surface area (Å²) in [4.78, 5) is 10.1. The fourth-order valence-corrected chi connectivity index (χ4v) is 5.40. The molecule has 0 aliphatic rings. The highest BCUT2D eigenvalue weighted by Gasteiger charge is 2.30. The molecular formula is C29H63NO6P+. The number of rotatable bonds is 28. The second kappa shape index (κ2) is 23.8. The predicted molar refractivity (Wildman–Crippen MR) is 155 cm³/mol. The molecule has 0 saturated heterocycles. The van der Waals surface area contributed by atoms with Crippen molar-refractivity contribution in [3.63, 3.8) is 0 Å². The molecule has 3 unspecified atom stereocenters. The first-order valence-corrected chi connectivity index (χ1v) is 16.7. The second-order valence-electron chi connectivity index (χ2n) is 11.6. The van der Waals surface area contributed by atoms with E-state index in [1.54, 1.807) is 7.11 Å². The van der Waals surface area contributed by atoms with Gasteiger partial charge in [0.2, 0.25) is 0 Å². The molecule has 0 aromatic heterocycles. The summed E-state index contributed by atoms with van der Waals surface area (Å²) < 4.78 is 34.6. The van der Waals surface area contributed by atoms with Crippen LogP contribution in [0.2, 0.25) is 0 Å². The van der Waals surface area contributed by atoms with Crippen LogP contribution in [0.15, 0.2) is 0 Å². The number of quaternary nitrogens is 1. The van der Waals surface area contributed by atoms with Gasteiger partial charge in [-0.1, -0.05) is 110 Å². The summed E-state index contributed by atoms with van der Waals surface area (Å²) in [6.07, 6.45) is 21.5. The number of phosphoric acid groups is 1. The summed E-state index contributed by atoms with van der Waals surface area (Å²) in [6, 6.07) is 0. The third-order valence-corrected chi connectivity index (χ3v) is 7.73. The van der Waals surface area contributed by atoms with E-state index in [1.165, 1.54) is 96.3 Å². The minimum absolute atomic E-state index is 0.0377. The van der Waals surface area contributed by atoms with Crippen LogP contribution in [0.1, 0.15) is 123 Å². The molecule has 0 bridgehead atoms. The lowest BCUT2D eigenvalue weighted by Gasteiger charge is -2.29. The van der Waals surface area contributed by atoms with Crippen molar-refractivity contribution in [2.45, 2.75) is 135 Å². The second-order valence-corrected chi connectivity index (χ2v) is 13.0. The molecule has 0 spiro atoms. The van der Waals surface area contributed by atoms with E-state index < -0.39 is 13.9 Å². The molecule has 0 aliphatic heterocycles. The molecule has 0 saturated carbocycles. The number of unbranched alkanes of at least 4 members (excludes halogenated alkanes) is 15. The zero-order valence-corrected chi connectivity index (χ0v) is 26.3. The lowest BCUT2D eigenvalue weighted by molar-refractivity contribution is -0.873. The van der Waals surface area contributed by atoms with Crippen LogP contribution in [0.3, 0.4) is 0 Å². The van der Waals surface area contributed by atoms with Crippen LogP contribution in [0, 0.1) is 0 Å².